The van der Waals surface area contributed by atoms with Gasteiger partial charge in [0.1, 0.15) is 11.4 Å². The Morgan fingerprint density at radius 2 is 1.70 bits per heavy atom. The van der Waals surface area contributed by atoms with E-state index < -0.39 is 30.0 Å². The molecule has 0 aliphatic carbocycles. The number of ether oxygens (including phenoxy) is 2. The quantitative estimate of drug-likeness (QED) is 0.253. The van der Waals surface area contributed by atoms with Gasteiger partial charge < -0.3 is 9.47 Å². The molecule has 0 aliphatic heterocycles. The number of hydrogen-bond donors (Lipinski definition) is 0. The van der Waals surface area contributed by atoms with Crippen LogP contribution in [0, 0.1) is 12.7 Å². The molecule has 0 saturated carbocycles. The van der Waals surface area contributed by atoms with Crippen molar-refractivity contribution in [2.75, 3.05) is 0 Å². The van der Waals surface area contributed by atoms with Crippen molar-refractivity contribution in [3.8, 4) is 40.1 Å². The highest BCUT2D eigenvalue weighted by Gasteiger charge is 2.31. The van der Waals surface area contributed by atoms with Crippen LogP contribution < -0.4 is 14.9 Å². The standard InChI is InChI=1S/C25H16F6N6O3/c1-14-11-20(36(33-14)15-3-2-4-17(12-15)40-25(29,30)31)23-21(38)8-10-35(34-23)19-6-5-16(13-18(19)26)37-22(7-9-32-37)39-24(27)28/h2-13,24H,1H3. The van der Waals surface area contributed by atoms with E-state index in [4.69, 9.17) is 0 Å². The van der Waals surface area contributed by atoms with Crippen molar-refractivity contribution in [2.45, 2.75) is 19.9 Å². The number of hydrogen-bond acceptors (Lipinski definition) is 6. The van der Waals surface area contributed by atoms with E-state index in [-0.39, 0.29) is 34.3 Å². The molecule has 0 bridgehead atoms. The number of benzene rings is 2. The lowest BCUT2D eigenvalue weighted by molar-refractivity contribution is -0.274. The van der Waals surface area contributed by atoms with Crippen LogP contribution in [0.3, 0.4) is 0 Å². The van der Waals surface area contributed by atoms with Gasteiger partial charge in [-0.1, -0.05) is 6.07 Å². The molecule has 0 unspecified atom stereocenters. The Kier molecular flexibility index (Phi) is 6.79. The van der Waals surface area contributed by atoms with Crippen molar-refractivity contribution in [1.82, 2.24) is 29.3 Å². The minimum absolute atomic E-state index is 0.0813. The van der Waals surface area contributed by atoms with E-state index in [1.165, 1.54) is 53.5 Å². The van der Waals surface area contributed by atoms with Gasteiger partial charge in [0, 0.05) is 30.5 Å². The van der Waals surface area contributed by atoms with Crippen molar-refractivity contribution in [2.24, 2.45) is 0 Å². The first-order valence-corrected chi connectivity index (χ1v) is 11.3. The molecule has 206 valence electrons. The summed E-state index contributed by atoms with van der Waals surface area (Å²) in [6.45, 7) is -1.50. The third-order valence-corrected chi connectivity index (χ3v) is 5.42. The lowest BCUT2D eigenvalue weighted by Crippen LogP contribution is -2.17. The second-order valence-electron chi connectivity index (χ2n) is 8.20. The average Bonchev–Trinajstić information content (AvgIpc) is 3.49. The summed E-state index contributed by atoms with van der Waals surface area (Å²) >= 11 is 0. The topological polar surface area (TPSA) is 89.0 Å². The summed E-state index contributed by atoms with van der Waals surface area (Å²) in [5.74, 6) is -1.64. The van der Waals surface area contributed by atoms with Crippen LogP contribution in [-0.4, -0.2) is 42.3 Å². The maximum atomic E-state index is 15.2. The Morgan fingerprint density at radius 3 is 2.42 bits per heavy atom. The average molecular weight is 562 g/mol. The monoisotopic (exact) mass is 562 g/mol. The molecule has 3 aromatic heterocycles. The molecule has 3 heterocycles. The van der Waals surface area contributed by atoms with Gasteiger partial charge in [-0.2, -0.15) is 24.1 Å². The summed E-state index contributed by atoms with van der Waals surface area (Å²) in [5.41, 5.74) is -0.0581. The Labute approximate surface area is 220 Å². The van der Waals surface area contributed by atoms with E-state index in [0.29, 0.717) is 5.69 Å². The van der Waals surface area contributed by atoms with E-state index >= 15 is 4.39 Å². The molecule has 5 rings (SSSR count). The zero-order valence-electron chi connectivity index (χ0n) is 20.2. The van der Waals surface area contributed by atoms with Crippen LogP contribution >= 0.6 is 0 Å². The maximum absolute atomic E-state index is 15.2. The first-order chi connectivity index (χ1) is 19.0. The van der Waals surface area contributed by atoms with Gasteiger partial charge in [-0.3, -0.25) is 4.79 Å². The Bertz CT molecular complexity index is 1740. The minimum atomic E-state index is -4.91. The van der Waals surface area contributed by atoms with Crippen LogP contribution in [0.25, 0.3) is 28.5 Å². The van der Waals surface area contributed by atoms with Crippen molar-refractivity contribution >= 4 is 0 Å². The molecular formula is C25H16F6N6O3. The molecule has 0 saturated heterocycles. The highest BCUT2D eigenvalue weighted by atomic mass is 19.4. The van der Waals surface area contributed by atoms with Crippen molar-refractivity contribution < 1.29 is 35.8 Å². The Morgan fingerprint density at radius 1 is 0.925 bits per heavy atom. The summed E-state index contributed by atoms with van der Waals surface area (Å²) in [7, 11) is 0. The fourth-order valence-corrected chi connectivity index (χ4v) is 3.88. The molecule has 0 spiro atoms. The van der Waals surface area contributed by atoms with Crippen LogP contribution in [-0.2, 0) is 0 Å². The number of aromatic nitrogens is 6. The third-order valence-electron chi connectivity index (χ3n) is 5.42. The molecular weight excluding hydrogens is 546 g/mol. The summed E-state index contributed by atoms with van der Waals surface area (Å²) in [6.07, 6.45) is -2.49. The number of halogens is 6. The summed E-state index contributed by atoms with van der Waals surface area (Å²) in [5, 5.41) is 12.4. The van der Waals surface area contributed by atoms with Gasteiger partial charge in [0.15, 0.2) is 11.5 Å². The third kappa shape index (κ3) is 5.52. The first-order valence-electron chi connectivity index (χ1n) is 11.3. The van der Waals surface area contributed by atoms with E-state index in [1.807, 2.05) is 0 Å². The maximum Gasteiger partial charge on any atom is 0.573 e. The molecule has 9 nitrogen and oxygen atoms in total. The second kappa shape index (κ2) is 10.2. The van der Waals surface area contributed by atoms with E-state index in [1.54, 1.807) is 6.92 Å². The van der Waals surface area contributed by atoms with Gasteiger partial charge >= 0.3 is 13.0 Å². The van der Waals surface area contributed by atoms with E-state index in [2.05, 4.69) is 24.8 Å². The number of nitrogens with zero attached hydrogens (tertiary/aromatic N) is 6. The largest absolute Gasteiger partial charge is 0.573 e. The fourth-order valence-electron chi connectivity index (χ4n) is 3.88. The van der Waals surface area contributed by atoms with Crippen molar-refractivity contribution in [1.29, 1.82) is 0 Å². The number of aryl methyl sites for hydroxylation is 1. The first kappa shape index (κ1) is 26.5. The molecule has 40 heavy (non-hydrogen) atoms. The molecule has 0 N–H and O–H groups in total. The van der Waals surface area contributed by atoms with Crippen molar-refractivity contribution in [3.05, 3.63) is 94.8 Å². The van der Waals surface area contributed by atoms with Crippen LogP contribution in [0.2, 0.25) is 0 Å². The van der Waals surface area contributed by atoms with Gasteiger partial charge in [0.25, 0.3) is 0 Å². The molecule has 0 atom stereocenters. The lowest BCUT2D eigenvalue weighted by atomic mass is 10.2. The SMILES string of the molecule is Cc1cc(-c2nn(-c3ccc(-n4nccc4OC(F)F)cc3F)ccc2=O)n(-c2cccc(OC(F)(F)F)c2)n1. The highest BCUT2D eigenvalue weighted by molar-refractivity contribution is 5.59. The smallest absolute Gasteiger partial charge is 0.417 e. The molecule has 5 aromatic rings. The Balaban J connectivity index is 1.53. The van der Waals surface area contributed by atoms with Gasteiger partial charge in [-0.05, 0) is 37.3 Å². The van der Waals surface area contributed by atoms with Gasteiger partial charge in [0.2, 0.25) is 11.3 Å². The molecule has 0 aliphatic rings. The van der Waals surface area contributed by atoms with Crippen LogP contribution in [0.4, 0.5) is 26.3 Å². The normalized spacial score (nSPS) is 11.7. The molecule has 15 heteroatoms. The van der Waals surface area contributed by atoms with Gasteiger partial charge in [-0.15, -0.1) is 13.2 Å². The zero-order valence-corrected chi connectivity index (χ0v) is 20.2. The Hall–Kier alpha value is -5.08. The van der Waals surface area contributed by atoms with Crippen LogP contribution in [0.5, 0.6) is 11.6 Å². The number of alkyl halides is 5. The predicted molar refractivity (Wildman–Crippen MR) is 128 cm³/mol. The van der Waals surface area contributed by atoms with E-state index in [0.717, 1.165) is 33.6 Å². The van der Waals surface area contributed by atoms with Crippen molar-refractivity contribution in [3.63, 3.8) is 0 Å². The molecule has 2 aromatic carbocycles. The molecule has 0 radical (unpaired) electrons. The molecule has 0 amide bonds. The lowest BCUT2D eigenvalue weighted by Gasteiger charge is -2.13. The minimum Gasteiger partial charge on any atom is -0.417 e. The summed E-state index contributed by atoms with van der Waals surface area (Å²) < 4.78 is 90.3. The highest BCUT2D eigenvalue weighted by Crippen LogP contribution is 2.28. The van der Waals surface area contributed by atoms with Gasteiger partial charge in [-0.25, -0.2) is 18.4 Å². The predicted octanol–water partition coefficient (Wildman–Crippen LogP) is 5.22. The van der Waals surface area contributed by atoms with Crippen LogP contribution in [0.1, 0.15) is 5.69 Å². The fraction of sp³-hybridized carbons (Fsp3) is 0.120. The molecule has 0 fully saturated rings. The van der Waals surface area contributed by atoms with Crippen LogP contribution in [0.15, 0.2) is 77.9 Å². The van der Waals surface area contributed by atoms with E-state index in [9.17, 15) is 26.7 Å². The summed E-state index contributed by atoms with van der Waals surface area (Å²) in [6, 6.07) is 12.5. The van der Waals surface area contributed by atoms with Gasteiger partial charge in [0.05, 0.1) is 29.0 Å². The number of rotatable bonds is 7. The summed E-state index contributed by atoms with van der Waals surface area (Å²) in [4.78, 5) is 12.8. The second-order valence-corrected chi connectivity index (χ2v) is 8.20. The zero-order chi connectivity index (χ0) is 28.6.